The number of sulfonamides is 1. The minimum absolute atomic E-state index is 0.167. The van der Waals surface area contributed by atoms with Gasteiger partial charge in [0.2, 0.25) is 10.0 Å². The Hall–Kier alpha value is -3.91. The number of aromatic nitrogens is 2. The molecule has 0 radical (unpaired) electrons. The van der Waals surface area contributed by atoms with Crippen LogP contribution in [0, 0.1) is 0 Å². The Morgan fingerprint density at radius 1 is 1.00 bits per heavy atom. The van der Waals surface area contributed by atoms with Gasteiger partial charge >= 0.3 is 12.1 Å². The number of alkyl halides is 3. The van der Waals surface area contributed by atoms with Crippen molar-refractivity contribution < 1.29 is 36.2 Å². The van der Waals surface area contributed by atoms with Crippen LogP contribution in [0.1, 0.15) is 6.92 Å². The van der Waals surface area contributed by atoms with Crippen molar-refractivity contribution in [3.05, 3.63) is 60.9 Å². The zero-order chi connectivity index (χ0) is 26.1. The largest absolute Gasteiger partial charge is 0.494 e. The van der Waals surface area contributed by atoms with Gasteiger partial charge in [-0.3, -0.25) is 0 Å². The minimum Gasteiger partial charge on any atom is -0.494 e. The van der Waals surface area contributed by atoms with E-state index < -0.39 is 22.2 Å². The van der Waals surface area contributed by atoms with Crippen molar-refractivity contribution >= 4 is 39.0 Å². The fraction of sp³-hybridized carbons (Fsp3) is 0.190. The van der Waals surface area contributed by atoms with Gasteiger partial charge in [0.1, 0.15) is 23.7 Å². The quantitative estimate of drug-likeness (QED) is 0.353. The molecule has 1 heterocycles. The lowest BCUT2D eigenvalue weighted by atomic mass is 10.3. The zero-order valence-corrected chi connectivity index (χ0v) is 19.3. The van der Waals surface area contributed by atoms with Gasteiger partial charge in [-0.2, -0.15) is 13.2 Å². The Morgan fingerprint density at radius 3 is 2.06 bits per heavy atom. The number of anilines is 4. The maximum absolute atomic E-state index is 12.0. The Kier molecular flexibility index (Phi) is 9.36. The van der Waals surface area contributed by atoms with Crippen molar-refractivity contribution in [2.75, 3.05) is 24.3 Å². The van der Waals surface area contributed by atoms with Crippen LogP contribution in [0.15, 0.2) is 65.8 Å². The van der Waals surface area contributed by atoms with E-state index in [2.05, 4.69) is 25.3 Å². The standard InChI is InChI=1S/C19H21N5O3S.C2HF3O2/c1-3-27-16-8-4-6-14(10-16)23-18-12-19(22-13-21-18)24-15-7-5-9-17(11-15)28(25,26)20-2;3-2(4,5)1(6)7/h4-13,20H,3H2,1-2H3,(H2,21,22,23,24);(H,6,7). The maximum atomic E-state index is 12.0. The second-order valence-corrected chi connectivity index (χ2v) is 8.42. The number of nitrogens with zero attached hydrogens (tertiary/aromatic N) is 2. The van der Waals surface area contributed by atoms with Crippen molar-refractivity contribution in [1.82, 2.24) is 14.7 Å². The first-order valence-electron chi connectivity index (χ1n) is 9.87. The molecule has 0 unspecified atom stereocenters. The Balaban J connectivity index is 0.000000540. The fourth-order valence-electron chi connectivity index (χ4n) is 2.48. The van der Waals surface area contributed by atoms with Crippen LogP contribution in [0.2, 0.25) is 0 Å². The second kappa shape index (κ2) is 12.0. The summed E-state index contributed by atoms with van der Waals surface area (Å²) in [5.74, 6) is -0.877. The number of rotatable bonds is 8. The van der Waals surface area contributed by atoms with Gasteiger partial charge in [-0.05, 0) is 44.3 Å². The van der Waals surface area contributed by atoms with Crippen LogP contribution in [-0.4, -0.2) is 49.3 Å². The molecule has 0 aliphatic heterocycles. The lowest BCUT2D eigenvalue weighted by Gasteiger charge is -2.11. The zero-order valence-electron chi connectivity index (χ0n) is 18.5. The molecule has 0 amide bonds. The molecule has 0 aliphatic rings. The normalized spacial score (nSPS) is 11.1. The molecule has 0 saturated carbocycles. The molecule has 3 aromatic rings. The van der Waals surface area contributed by atoms with E-state index in [4.69, 9.17) is 14.6 Å². The predicted octanol–water partition coefficient (Wildman–Crippen LogP) is 3.90. The summed E-state index contributed by atoms with van der Waals surface area (Å²) in [6.45, 7) is 2.52. The van der Waals surface area contributed by atoms with Gasteiger partial charge in [0.25, 0.3) is 0 Å². The van der Waals surface area contributed by atoms with Crippen LogP contribution in [0.5, 0.6) is 5.75 Å². The minimum atomic E-state index is -5.08. The summed E-state index contributed by atoms with van der Waals surface area (Å²) in [5.41, 5.74) is 1.43. The third-order valence-corrected chi connectivity index (χ3v) is 5.42. The molecule has 0 saturated heterocycles. The number of carboxylic acid groups (broad SMARTS) is 1. The second-order valence-electron chi connectivity index (χ2n) is 6.54. The summed E-state index contributed by atoms with van der Waals surface area (Å²) >= 11 is 0. The molecule has 10 nitrogen and oxygen atoms in total. The fourth-order valence-corrected chi connectivity index (χ4v) is 3.25. The number of halogens is 3. The van der Waals surface area contributed by atoms with Gasteiger partial charge in [0.05, 0.1) is 11.5 Å². The number of hydrogen-bond donors (Lipinski definition) is 4. The predicted molar refractivity (Wildman–Crippen MR) is 123 cm³/mol. The molecule has 0 fully saturated rings. The summed E-state index contributed by atoms with van der Waals surface area (Å²) in [6, 6.07) is 15.8. The van der Waals surface area contributed by atoms with Crippen molar-refractivity contribution in [2.24, 2.45) is 0 Å². The van der Waals surface area contributed by atoms with E-state index in [0.717, 1.165) is 11.4 Å². The number of benzene rings is 2. The smallest absolute Gasteiger partial charge is 0.490 e. The van der Waals surface area contributed by atoms with Crippen LogP contribution < -0.4 is 20.1 Å². The monoisotopic (exact) mass is 513 g/mol. The summed E-state index contributed by atoms with van der Waals surface area (Å²) in [7, 11) is -2.14. The highest BCUT2D eigenvalue weighted by atomic mass is 32.2. The van der Waals surface area contributed by atoms with Crippen LogP contribution in [0.4, 0.5) is 36.2 Å². The maximum Gasteiger partial charge on any atom is 0.490 e. The van der Waals surface area contributed by atoms with E-state index in [0.29, 0.717) is 23.9 Å². The van der Waals surface area contributed by atoms with Gasteiger partial charge in [-0.15, -0.1) is 0 Å². The van der Waals surface area contributed by atoms with E-state index in [-0.39, 0.29) is 4.90 Å². The van der Waals surface area contributed by atoms with Gasteiger partial charge in [-0.1, -0.05) is 12.1 Å². The molecule has 0 bridgehead atoms. The van der Waals surface area contributed by atoms with Gasteiger partial charge in [-0.25, -0.2) is 27.9 Å². The molecule has 2 aromatic carbocycles. The molecule has 0 aliphatic carbocycles. The van der Waals surface area contributed by atoms with E-state index in [1.807, 2.05) is 31.2 Å². The van der Waals surface area contributed by atoms with Crippen LogP contribution in [-0.2, 0) is 14.8 Å². The highest BCUT2D eigenvalue weighted by Crippen LogP contribution is 2.23. The number of hydrogen-bond acceptors (Lipinski definition) is 8. The SMILES string of the molecule is CCOc1cccc(Nc2cc(Nc3cccc(S(=O)(=O)NC)c3)ncn2)c1.O=C(O)C(F)(F)F. The number of aliphatic carboxylic acids is 1. The Labute approximate surface area is 199 Å². The van der Waals surface area contributed by atoms with Crippen molar-refractivity contribution in [3.63, 3.8) is 0 Å². The van der Waals surface area contributed by atoms with E-state index >= 15 is 0 Å². The van der Waals surface area contributed by atoms with Crippen LogP contribution in [0.3, 0.4) is 0 Å². The topological polar surface area (TPSA) is 143 Å². The first-order chi connectivity index (χ1) is 16.4. The molecule has 35 heavy (non-hydrogen) atoms. The average molecular weight is 513 g/mol. The summed E-state index contributed by atoms with van der Waals surface area (Å²) in [4.78, 5) is 17.5. The first-order valence-corrected chi connectivity index (χ1v) is 11.4. The lowest BCUT2D eigenvalue weighted by Crippen LogP contribution is -2.21. The molecule has 0 atom stereocenters. The summed E-state index contributed by atoms with van der Waals surface area (Å²) < 4.78 is 63.4. The Bertz CT molecular complexity index is 1260. The first kappa shape index (κ1) is 27.3. The molecule has 14 heteroatoms. The molecule has 3 rings (SSSR count). The number of ether oxygens (including phenoxy) is 1. The Morgan fingerprint density at radius 2 is 1.54 bits per heavy atom. The van der Waals surface area contributed by atoms with Crippen molar-refractivity contribution in [2.45, 2.75) is 18.0 Å². The third kappa shape index (κ3) is 8.75. The average Bonchev–Trinajstić information content (AvgIpc) is 2.80. The van der Waals surface area contributed by atoms with E-state index in [9.17, 15) is 21.6 Å². The number of nitrogens with one attached hydrogen (secondary N) is 3. The molecule has 4 N–H and O–H groups in total. The third-order valence-electron chi connectivity index (χ3n) is 4.01. The van der Waals surface area contributed by atoms with Crippen LogP contribution >= 0.6 is 0 Å². The molecule has 1 aromatic heterocycles. The molecule has 188 valence electrons. The molecular weight excluding hydrogens is 491 g/mol. The van der Waals surface area contributed by atoms with Gasteiger partial charge < -0.3 is 20.5 Å². The molecular formula is C21H22F3N5O5S. The number of carboxylic acids is 1. The summed E-state index contributed by atoms with van der Waals surface area (Å²) in [6.07, 6.45) is -3.66. The van der Waals surface area contributed by atoms with Crippen molar-refractivity contribution in [3.8, 4) is 5.75 Å². The van der Waals surface area contributed by atoms with E-state index in [1.54, 1.807) is 18.2 Å². The van der Waals surface area contributed by atoms with Crippen molar-refractivity contribution in [1.29, 1.82) is 0 Å². The van der Waals surface area contributed by atoms with Gasteiger partial charge in [0.15, 0.2) is 0 Å². The highest BCUT2D eigenvalue weighted by molar-refractivity contribution is 7.89. The lowest BCUT2D eigenvalue weighted by molar-refractivity contribution is -0.192. The highest BCUT2D eigenvalue weighted by Gasteiger charge is 2.38. The molecule has 0 spiro atoms. The van der Waals surface area contributed by atoms with Crippen LogP contribution in [0.25, 0.3) is 0 Å². The van der Waals surface area contributed by atoms with Gasteiger partial charge in [0, 0.05) is 23.5 Å². The van der Waals surface area contributed by atoms with E-state index in [1.165, 1.54) is 25.5 Å². The number of carbonyl (C=O) groups is 1. The summed E-state index contributed by atoms with van der Waals surface area (Å²) in [5, 5.41) is 13.4.